The molecule has 7 heteroatoms. The zero-order chi connectivity index (χ0) is 26.9. The van der Waals surface area contributed by atoms with Gasteiger partial charge in [-0.1, -0.05) is 77.1 Å². The first-order valence-electron chi connectivity index (χ1n) is 14.0. The lowest BCUT2D eigenvalue weighted by molar-refractivity contribution is -0.125. The van der Waals surface area contributed by atoms with Crippen LogP contribution in [0.5, 0.6) is 0 Å². The van der Waals surface area contributed by atoms with Gasteiger partial charge in [0.05, 0.1) is 12.6 Å². The second-order valence-corrected chi connectivity index (χ2v) is 11.1. The number of amides is 2. The van der Waals surface area contributed by atoms with E-state index in [2.05, 4.69) is 10.6 Å². The van der Waals surface area contributed by atoms with E-state index in [9.17, 15) is 19.5 Å². The highest BCUT2D eigenvalue weighted by Gasteiger charge is 2.36. The van der Waals surface area contributed by atoms with E-state index in [1.807, 2.05) is 52.0 Å². The number of nitrogens with one attached hydrogen (secondary N) is 2. The first kappa shape index (κ1) is 28.9. The number of unbranched alkanes of at least 4 members (excludes halogenated alkanes) is 1. The van der Waals surface area contributed by atoms with E-state index in [1.54, 1.807) is 0 Å². The average molecular weight is 513 g/mol. The van der Waals surface area contributed by atoms with Gasteiger partial charge in [0.25, 0.3) is 0 Å². The van der Waals surface area contributed by atoms with Crippen LogP contribution in [-0.4, -0.2) is 35.8 Å². The molecule has 2 aromatic carbocycles. The minimum atomic E-state index is -1.10. The summed E-state index contributed by atoms with van der Waals surface area (Å²) in [6.07, 6.45) is 6.66. The van der Waals surface area contributed by atoms with Gasteiger partial charge in [-0.15, -0.1) is 0 Å². The van der Waals surface area contributed by atoms with Crippen LogP contribution in [0.25, 0.3) is 11.1 Å². The highest BCUT2D eigenvalue weighted by Crippen LogP contribution is 2.35. The lowest BCUT2D eigenvalue weighted by Gasteiger charge is -2.27. The highest BCUT2D eigenvalue weighted by atomic mass is 16.5. The Morgan fingerprint density at radius 3 is 2.46 bits per heavy atom. The van der Waals surface area contributed by atoms with E-state index >= 15 is 0 Å². The van der Waals surface area contributed by atoms with E-state index in [0.29, 0.717) is 36.5 Å². The lowest BCUT2D eigenvalue weighted by atomic mass is 9.90. The SMILES string of the molecule is CCCC[C@H](NC(=O)[C@H](CC(C)C)NC(=O)OCC1CCCCC1)C(O)c1c(-c2ccccc2C)c1=O. The maximum absolute atomic E-state index is 13.3. The summed E-state index contributed by atoms with van der Waals surface area (Å²) in [4.78, 5) is 38.6. The van der Waals surface area contributed by atoms with Gasteiger partial charge in [0.2, 0.25) is 5.91 Å². The van der Waals surface area contributed by atoms with Crippen molar-refractivity contribution < 1.29 is 19.4 Å². The molecule has 0 aliphatic heterocycles. The molecule has 3 N–H and O–H groups in total. The molecule has 2 aromatic rings. The Kier molecular flexibility index (Phi) is 10.7. The predicted molar refractivity (Wildman–Crippen MR) is 146 cm³/mol. The zero-order valence-corrected chi connectivity index (χ0v) is 22.8. The second kappa shape index (κ2) is 13.8. The number of carbonyl (C=O) groups is 2. The van der Waals surface area contributed by atoms with Gasteiger partial charge in [-0.3, -0.25) is 9.59 Å². The van der Waals surface area contributed by atoms with Crippen LogP contribution in [0, 0.1) is 18.8 Å². The number of rotatable bonds is 13. The van der Waals surface area contributed by atoms with Gasteiger partial charge in [-0.05, 0) is 55.6 Å². The Morgan fingerprint density at radius 2 is 1.81 bits per heavy atom. The average Bonchev–Trinajstić information content (AvgIpc) is 3.55. The molecule has 0 bridgehead atoms. The minimum Gasteiger partial charge on any atom is -0.449 e. The van der Waals surface area contributed by atoms with E-state index in [4.69, 9.17) is 4.74 Å². The number of aliphatic hydroxyl groups is 1. The number of alkyl carbamates (subject to hydrolysis) is 1. The zero-order valence-electron chi connectivity index (χ0n) is 22.8. The quantitative estimate of drug-likeness (QED) is 0.337. The van der Waals surface area contributed by atoms with E-state index in [0.717, 1.165) is 36.8 Å². The standard InChI is InChI=1S/C30H44N2O5/c1-5-6-16-23(27(33)26-25(28(26)34)22-15-11-10-12-20(22)4)31-29(35)24(17-19(2)3)32-30(36)37-18-21-13-8-7-9-14-21/h10-12,15,19,21,23-24,27,33H,5-9,13-14,16-18H2,1-4H3,(H,31,35)(H,32,36)/t23-,24-,27?/m0/s1. The molecule has 1 unspecified atom stereocenters. The van der Waals surface area contributed by atoms with Crippen molar-refractivity contribution in [2.75, 3.05) is 6.61 Å². The molecular formula is C30H44N2O5. The third-order valence-electron chi connectivity index (χ3n) is 7.46. The number of benzene rings is 1. The van der Waals surface area contributed by atoms with Crippen LogP contribution in [0.4, 0.5) is 4.79 Å². The van der Waals surface area contributed by atoms with Crippen molar-refractivity contribution in [3.8, 4) is 11.1 Å². The van der Waals surface area contributed by atoms with E-state index < -0.39 is 24.3 Å². The van der Waals surface area contributed by atoms with E-state index in [-0.39, 0.29) is 17.3 Å². The molecule has 1 fully saturated rings. The number of aryl methyl sites for hydroxylation is 1. The van der Waals surface area contributed by atoms with Crippen molar-refractivity contribution in [1.29, 1.82) is 0 Å². The molecule has 0 aromatic heterocycles. The number of carbonyl (C=O) groups excluding carboxylic acids is 2. The number of ether oxygens (including phenoxy) is 1. The summed E-state index contributed by atoms with van der Waals surface area (Å²) in [6, 6.07) is 6.19. The molecule has 3 rings (SSSR count). The lowest BCUT2D eigenvalue weighted by Crippen LogP contribution is -2.51. The summed E-state index contributed by atoms with van der Waals surface area (Å²) in [5.41, 5.74) is 2.55. The van der Waals surface area contributed by atoms with Crippen molar-refractivity contribution in [3.63, 3.8) is 0 Å². The molecule has 1 aliphatic rings. The number of hydrogen-bond donors (Lipinski definition) is 3. The molecule has 0 radical (unpaired) electrons. The second-order valence-electron chi connectivity index (χ2n) is 11.1. The van der Waals surface area contributed by atoms with Crippen LogP contribution in [0.15, 0.2) is 29.1 Å². The van der Waals surface area contributed by atoms with Crippen molar-refractivity contribution in [1.82, 2.24) is 10.6 Å². The topological polar surface area (TPSA) is 105 Å². The fourth-order valence-corrected chi connectivity index (χ4v) is 5.24. The third-order valence-corrected chi connectivity index (χ3v) is 7.46. The van der Waals surface area contributed by atoms with Gasteiger partial charge in [-0.2, -0.15) is 0 Å². The van der Waals surface area contributed by atoms with Crippen LogP contribution in [0.1, 0.15) is 95.8 Å². The normalized spacial score (nSPS) is 16.9. The Bertz CT molecular complexity index is 1030. The van der Waals surface area contributed by atoms with Crippen LogP contribution in [0.2, 0.25) is 0 Å². The maximum atomic E-state index is 13.3. The molecular weight excluding hydrogens is 468 g/mol. The Balaban J connectivity index is 1.67. The molecule has 7 nitrogen and oxygen atoms in total. The summed E-state index contributed by atoms with van der Waals surface area (Å²) in [6.45, 7) is 8.32. The van der Waals surface area contributed by atoms with Gasteiger partial charge < -0.3 is 20.5 Å². The Morgan fingerprint density at radius 1 is 1.11 bits per heavy atom. The third kappa shape index (κ3) is 8.16. The summed E-state index contributed by atoms with van der Waals surface area (Å²) in [5.74, 6) is 0.181. The van der Waals surface area contributed by atoms with Crippen molar-refractivity contribution in [2.24, 2.45) is 11.8 Å². The van der Waals surface area contributed by atoms with Crippen molar-refractivity contribution in [2.45, 2.75) is 104 Å². The fourth-order valence-electron chi connectivity index (χ4n) is 5.24. The number of aliphatic hydroxyl groups excluding tert-OH is 1. The Hall–Kier alpha value is -2.67. The predicted octanol–water partition coefficient (Wildman–Crippen LogP) is 5.33. The largest absolute Gasteiger partial charge is 0.449 e. The van der Waals surface area contributed by atoms with Crippen LogP contribution >= 0.6 is 0 Å². The molecule has 204 valence electrons. The van der Waals surface area contributed by atoms with Gasteiger partial charge in [0, 0.05) is 11.1 Å². The minimum absolute atomic E-state index is 0.152. The summed E-state index contributed by atoms with van der Waals surface area (Å²) < 4.78 is 5.47. The fraction of sp³-hybridized carbons (Fsp3) is 0.633. The first-order valence-corrected chi connectivity index (χ1v) is 14.0. The van der Waals surface area contributed by atoms with Gasteiger partial charge in [-0.25, -0.2) is 4.79 Å². The van der Waals surface area contributed by atoms with E-state index in [1.165, 1.54) is 19.3 Å². The van der Waals surface area contributed by atoms with Gasteiger partial charge in [0.1, 0.15) is 12.1 Å². The van der Waals surface area contributed by atoms with Crippen molar-refractivity contribution in [3.05, 3.63) is 45.6 Å². The maximum Gasteiger partial charge on any atom is 0.407 e. The highest BCUT2D eigenvalue weighted by molar-refractivity contribution is 5.86. The molecule has 0 saturated heterocycles. The first-order chi connectivity index (χ1) is 17.7. The van der Waals surface area contributed by atoms with Crippen molar-refractivity contribution >= 4 is 12.0 Å². The summed E-state index contributed by atoms with van der Waals surface area (Å²) >= 11 is 0. The van der Waals surface area contributed by atoms with Crippen LogP contribution in [-0.2, 0) is 9.53 Å². The summed E-state index contributed by atoms with van der Waals surface area (Å²) in [5, 5.41) is 16.9. The summed E-state index contributed by atoms with van der Waals surface area (Å²) in [7, 11) is 0. The molecule has 37 heavy (non-hydrogen) atoms. The molecule has 1 aliphatic carbocycles. The molecule has 2 amide bonds. The number of hydrogen-bond acceptors (Lipinski definition) is 5. The van der Waals surface area contributed by atoms with Crippen LogP contribution < -0.4 is 16.1 Å². The molecule has 3 atom stereocenters. The smallest absolute Gasteiger partial charge is 0.407 e. The van der Waals surface area contributed by atoms with Crippen LogP contribution in [0.3, 0.4) is 0 Å². The van der Waals surface area contributed by atoms with Gasteiger partial charge >= 0.3 is 6.09 Å². The molecule has 0 spiro atoms. The monoisotopic (exact) mass is 512 g/mol. The molecule has 0 heterocycles. The van der Waals surface area contributed by atoms with Gasteiger partial charge in [0.15, 0.2) is 5.43 Å². The molecule has 1 saturated carbocycles. The Labute approximate surface area is 221 Å².